The van der Waals surface area contributed by atoms with E-state index < -0.39 is 36.2 Å². The van der Waals surface area contributed by atoms with Crippen LogP contribution in [0.1, 0.15) is 31.7 Å². The summed E-state index contributed by atoms with van der Waals surface area (Å²) in [6.45, 7) is 1.56. The molecule has 13 heteroatoms. The van der Waals surface area contributed by atoms with E-state index in [1.807, 2.05) is 0 Å². The number of amides is 3. The van der Waals surface area contributed by atoms with Gasteiger partial charge < -0.3 is 29.7 Å². The Morgan fingerprint density at radius 1 is 1.21 bits per heavy atom. The molecule has 1 heterocycles. The van der Waals surface area contributed by atoms with Crippen molar-refractivity contribution in [2.75, 3.05) is 19.7 Å². The van der Waals surface area contributed by atoms with Gasteiger partial charge in [-0.1, -0.05) is 6.07 Å². The second-order valence-corrected chi connectivity index (χ2v) is 8.35. The van der Waals surface area contributed by atoms with E-state index in [2.05, 4.69) is 14.8 Å². The highest BCUT2D eigenvalue weighted by Gasteiger charge is 2.41. The number of carboxylic acid groups (broad SMARTS) is 1. The molecule has 188 valence electrons. The fraction of sp³-hybridized carbons (Fsp3) is 0.571. The SMILES string of the molecule is CC(=O)N1CC(COC(=O)O)C[C@@H](N(C(=O)NCc2ccc(OC(F)(F)F)cc2F)C2CC2)C1. The van der Waals surface area contributed by atoms with Crippen LogP contribution in [0.15, 0.2) is 18.2 Å². The first-order valence-electron chi connectivity index (χ1n) is 10.6. The van der Waals surface area contributed by atoms with Crippen molar-refractivity contribution in [2.24, 2.45) is 5.92 Å². The molecule has 34 heavy (non-hydrogen) atoms. The fourth-order valence-electron chi connectivity index (χ4n) is 4.06. The van der Waals surface area contributed by atoms with Gasteiger partial charge in [-0.2, -0.15) is 0 Å². The molecule has 1 aromatic rings. The van der Waals surface area contributed by atoms with Gasteiger partial charge in [0.15, 0.2) is 0 Å². The number of ether oxygens (including phenoxy) is 2. The van der Waals surface area contributed by atoms with Gasteiger partial charge in [-0.3, -0.25) is 4.79 Å². The van der Waals surface area contributed by atoms with Crippen molar-refractivity contribution in [2.45, 2.75) is 51.2 Å². The molecule has 0 bridgehead atoms. The average molecular weight is 491 g/mol. The van der Waals surface area contributed by atoms with Gasteiger partial charge in [0, 0.05) is 50.1 Å². The number of likely N-dealkylation sites (tertiary alicyclic amines) is 1. The van der Waals surface area contributed by atoms with Crippen LogP contribution in [0.3, 0.4) is 0 Å². The Morgan fingerprint density at radius 2 is 1.91 bits per heavy atom. The number of nitrogens with one attached hydrogen (secondary N) is 1. The predicted molar refractivity (Wildman–Crippen MR) is 108 cm³/mol. The Balaban J connectivity index is 1.67. The van der Waals surface area contributed by atoms with Gasteiger partial charge in [0.05, 0.1) is 12.6 Å². The lowest BCUT2D eigenvalue weighted by molar-refractivity contribution is -0.274. The molecule has 1 saturated heterocycles. The second-order valence-electron chi connectivity index (χ2n) is 8.35. The van der Waals surface area contributed by atoms with Gasteiger partial charge in [0.2, 0.25) is 5.91 Å². The molecule has 3 rings (SSSR count). The Morgan fingerprint density at radius 3 is 2.47 bits per heavy atom. The molecule has 0 aromatic heterocycles. The minimum Gasteiger partial charge on any atom is -0.450 e. The van der Waals surface area contributed by atoms with Crippen LogP contribution >= 0.6 is 0 Å². The summed E-state index contributed by atoms with van der Waals surface area (Å²) in [6, 6.07) is 1.65. The molecule has 3 amide bonds. The van der Waals surface area contributed by atoms with Gasteiger partial charge in [-0.15, -0.1) is 13.2 Å². The molecular formula is C21H25F4N3O6. The zero-order chi connectivity index (χ0) is 25.0. The van der Waals surface area contributed by atoms with Gasteiger partial charge in [0.1, 0.15) is 11.6 Å². The van der Waals surface area contributed by atoms with E-state index >= 15 is 0 Å². The topological polar surface area (TPSA) is 108 Å². The van der Waals surface area contributed by atoms with Crippen LogP contribution < -0.4 is 10.1 Å². The molecule has 9 nitrogen and oxygen atoms in total. The number of hydrogen-bond acceptors (Lipinski definition) is 5. The molecule has 2 aliphatic rings. The summed E-state index contributed by atoms with van der Waals surface area (Å²) in [6.07, 6.45) is -4.47. The van der Waals surface area contributed by atoms with Crippen molar-refractivity contribution in [1.82, 2.24) is 15.1 Å². The smallest absolute Gasteiger partial charge is 0.450 e. The Hall–Kier alpha value is -3.25. The molecule has 1 aliphatic carbocycles. The van der Waals surface area contributed by atoms with Crippen LogP contribution in [0, 0.1) is 11.7 Å². The summed E-state index contributed by atoms with van der Waals surface area (Å²) < 4.78 is 59.5. The van der Waals surface area contributed by atoms with Crippen molar-refractivity contribution in [3.8, 4) is 5.75 Å². The molecule has 1 aliphatic heterocycles. The number of hydrogen-bond donors (Lipinski definition) is 2. The second kappa shape index (κ2) is 10.3. The van der Waals surface area contributed by atoms with Crippen molar-refractivity contribution >= 4 is 18.1 Å². The van der Waals surface area contributed by atoms with E-state index in [1.54, 1.807) is 4.90 Å². The van der Waals surface area contributed by atoms with Crippen molar-refractivity contribution < 1.29 is 46.5 Å². The van der Waals surface area contributed by atoms with E-state index in [4.69, 9.17) is 5.11 Å². The zero-order valence-electron chi connectivity index (χ0n) is 18.3. The Bertz CT molecular complexity index is 924. The van der Waals surface area contributed by atoms with Crippen LogP contribution in [0.2, 0.25) is 0 Å². The highest BCUT2D eigenvalue weighted by atomic mass is 19.4. The summed E-state index contributed by atoms with van der Waals surface area (Å²) in [4.78, 5) is 38.9. The lowest BCUT2D eigenvalue weighted by Gasteiger charge is -2.42. The highest BCUT2D eigenvalue weighted by molar-refractivity contribution is 5.76. The zero-order valence-corrected chi connectivity index (χ0v) is 18.3. The number of halogens is 4. The third-order valence-corrected chi connectivity index (χ3v) is 5.66. The molecule has 2 fully saturated rings. The number of piperidine rings is 1. The summed E-state index contributed by atoms with van der Waals surface area (Å²) in [5, 5.41) is 11.4. The normalized spacial score (nSPS) is 20.4. The van der Waals surface area contributed by atoms with E-state index in [1.165, 1.54) is 11.8 Å². The first-order chi connectivity index (χ1) is 15.9. The largest absolute Gasteiger partial charge is 0.573 e. The maximum Gasteiger partial charge on any atom is 0.573 e. The maximum absolute atomic E-state index is 14.2. The number of urea groups is 1. The Labute approximate surface area is 192 Å². The van der Waals surface area contributed by atoms with Gasteiger partial charge in [-0.05, 0) is 25.3 Å². The Kier molecular flexibility index (Phi) is 7.72. The first kappa shape index (κ1) is 25.4. The van der Waals surface area contributed by atoms with Gasteiger partial charge in [-0.25, -0.2) is 14.0 Å². The maximum atomic E-state index is 14.2. The van der Waals surface area contributed by atoms with E-state index in [0.29, 0.717) is 19.0 Å². The van der Waals surface area contributed by atoms with E-state index in [9.17, 15) is 31.9 Å². The summed E-state index contributed by atoms with van der Waals surface area (Å²) in [7, 11) is 0. The molecule has 0 spiro atoms. The summed E-state index contributed by atoms with van der Waals surface area (Å²) in [5.41, 5.74) is -0.0274. The lowest BCUT2D eigenvalue weighted by atomic mass is 9.93. The molecule has 2 N–H and O–H groups in total. The number of nitrogens with zero attached hydrogens (tertiary/aromatic N) is 2. The third-order valence-electron chi connectivity index (χ3n) is 5.66. The predicted octanol–water partition coefficient (Wildman–Crippen LogP) is 3.33. The quantitative estimate of drug-likeness (QED) is 0.448. The molecule has 1 unspecified atom stereocenters. The van der Waals surface area contributed by atoms with Gasteiger partial charge >= 0.3 is 18.5 Å². The van der Waals surface area contributed by atoms with E-state index in [-0.39, 0.29) is 43.1 Å². The van der Waals surface area contributed by atoms with Crippen molar-refractivity contribution in [3.63, 3.8) is 0 Å². The fourth-order valence-corrected chi connectivity index (χ4v) is 4.06. The van der Waals surface area contributed by atoms with Crippen LogP contribution in [0.5, 0.6) is 5.75 Å². The number of rotatable bonds is 7. The molecule has 2 atom stereocenters. The lowest BCUT2D eigenvalue weighted by Crippen LogP contribution is -2.57. The molecule has 1 aromatic carbocycles. The van der Waals surface area contributed by atoms with E-state index in [0.717, 1.165) is 25.0 Å². The number of carbonyl (C=O) groups excluding carboxylic acids is 2. The summed E-state index contributed by atoms with van der Waals surface area (Å²) in [5.74, 6) is -2.19. The number of alkyl halides is 3. The van der Waals surface area contributed by atoms with Crippen LogP contribution in [-0.2, 0) is 16.1 Å². The van der Waals surface area contributed by atoms with Crippen molar-refractivity contribution in [1.29, 1.82) is 0 Å². The molecule has 1 saturated carbocycles. The summed E-state index contributed by atoms with van der Waals surface area (Å²) >= 11 is 0. The van der Waals surface area contributed by atoms with Crippen LogP contribution in [-0.4, -0.2) is 71.1 Å². The van der Waals surface area contributed by atoms with Crippen LogP contribution in [0.25, 0.3) is 0 Å². The minimum atomic E-state index is -4.95. The average Bonchev–Trinajstić information content (AvgIpc) is 3.55. The monoisotopic (exact) mass is 491 g/mol. The van der Waals surface area contributed by atoms with Crippen molar-refractivity contribution in [3.05, 3.63) is 29.6 Å². The first-order valence-corrected chi connectivity index (χ1v) is 10.6. The highest BCUT2D eigenvalue weighted by Crippen LogP contribution is 2.33. The third kappa shape index (κ3) is 7.12. The molecular weight excluding hydrogens is 466 g/mol. The molecule has 0 radical (unpaired) electrons. The van der Waals surface area contributed by atoms with Crippen LogP contribution in [0.4, 0.5) is 27.2 Å². The standard InChI is InChI=1S/C21H25F4N3O6/c1-12(29)27-9-13(11-33-20(31)32)6-16(10-27)28(15-3-4-15)19(30)26-8-14-2-5-17(7-18(14)22)34-21(23,24)25/h2,5,7,13,15-16H,3-4,6,8-11H2,1H3,(H,26,30)(H,31,32)/t13?,16-/m1/s1. The number of carbonyl (C=O) groups is 3. The number of benzene rings is 1. The van der Waals surface area contributed by atoms with Gasteiger partial charge in [0.25, 0.3) is 0 Å². The minimum absolute atomic E-state index is 0.0274.